The number of carboxylic acid groups (broad SMARTS) is 1. The lowest BCUT2D eigenvalue weighted by molar-refractivity contribution is -0.137. The SMILES string of the molecule is CC(C)(C)N(CCC(=O)O)C(=O)Nc1cccc(C#N)c1. The van der Waals surface area contributed by atoms with Gasteiger partial charge in [0.15, 0.2) is 0 Å². The molecule has 0 aliphatic rings. The number of urea groups is 1. The van der Waals surface area contributed by atoms with Gasteiger partial charge in [-0.05, 0) is 39.0 Å². The smallest absolute Gasteiger partial charge is 0.322 e. The van der Waals surface area contributed by atoms with Crippen LogP contribution in [0.25, 0.3) is 0 Å². The molecule has 1 rings (SSSR count). The van der Waals surface area contributed by atoms with Gasteiger partial charge in [-0.1, -0.05) is 6.07 Å². The van der Waals surface area contributed by atoms with Gasteiger partial charge in [0.1, 0.15) is 0 Å². The molecule has 0 aliphatic carbocycles. The van der Waals surface area contributed by atoms with E-state index in [1.165, 1.54) is 4.90 Å². The van der Waals surface area contributed by atoms with Crippen LogP contribution in [0.4, 0.5) is 10.5 Å². The van der Waals surface area contributed by atoms with Crippen molar-refractivity contribution in [3.05, 3.63) is 29.8 Å². The highest BCUT2D eigenvalue weighted by Gasteiger charge is 2.26. The second-order valence-corrected chi connectivity index (χ2v) is 5.59. The zero-order chi connectivity index (χ0) is 16.0. The van der Waals surface area contributed by atoms with E-state index in [1.54, 1.807) is 24.3 Å². The molecule has 1 aromatic carbocycles. The molecule has 2 N–H and O–H groups in total. The second kappa shape index (κ2) is 6.75. The maximum absolute atomic E-state index is 12.3. The van der Waals surface area contributed by atoms with Gasteiger partial charge < -0.3 is 15.3 Å². The number of carbonyl (C=O) groups excluding carboxylic acids is 1. The van der Waals surface area contributed by atoms with Crippen molar-refractivity contribution in [2.24, 2.45) is 0 Å². The molecule has 2 amide bonds. The Kier molecular flexibility index (Phi) is 5.30. The number of hydrogen-bond donors (Lipinski definition) is 2. The van der Waals surface area contributed by atoms with Crippen LogP contribution in [0, 0.1) is 11.3 Å². The summed E-state index contributed by atoms with van der Waals surface area (Å²) < 4.78 is 0. The van der Waals surface area contributed by atoms with Crippen LogP contribution < -0.4 is 5.32 Å². The quantitative estimate of drug-likeness (QED) is 0.891. The predicted octanol–water partition coefficient (Wildman–Crippen LogP) is 2.67. The van der Waals surface area contributed by atoms with Crippen LogP contribution in [0.15, 0.2) is 24.3 Å². The van der Waals surface area contributed by atoms with Crippen molar-refractivity contribution >= 4 is 17.7 Å². The summed E-state index contributed by atoms with van der Waals surface area (Å²) in [6.45, 7) is 5.61. The summed E-state index contributed by atoms with van der Waals surface area (Å²) >= 11 is 0. The average molecular weight is 289 g/mol. The molecule has 0 radical (unpaired) electrons. The fourth-order valence-electron chi connectivity index (χ4n) is 1.81. The molecule has 0 unspecified atom stereocenters. The number of nitrogens with zero attached hydrogens (tertiary/aromatic N) is 2. The summed E-state index contributed by atoms with van der Waals surface area (Å²) in [5, 5.41) is 20.3. The van der Waals surface area contributed by atoms with E-state index in [1.807, 2.05) is 26.8 Å². The lowest BCUT2D eigenvalue weighted by Crippen LogP contribution is -2.48. The summed E-state index contributed by atoms with van der Waals surface area (Å²) in [6.07, 6.45) is -0.122. The van der Waals surface area contributed by atoms with E-state index in [0.29, 0.717) is 11.3 Å². The molecule has 0 aliphatic heterocycles. The van der Waals surface area contributed by atoms with Gasteiger partial charge in [0.05, 0.1) is 18.1 Å². The van der Waals surface area contributed by atoms with E-state index in [0.717, 1.165) is 0 Å². The number of amides is 2. The van der Waals surface area contributed by atoms with Crippen molar-refractivity contribution in [3.63, 3.8) is 0 Å². The first kappa shape index (κ1) is 16.5. The molecule has 0 aromatic heterocycles. The number of rotatable bonds is 4. The Bertz CT molecular complexity index is 570. The van der Waals surface area contributed by atoms with Gasteiger partial charge in [-0.25, -0.2) is 4.79 Å². The minimum Gasteiger partial charge on any atom is -0.481 e. The molecule has 0 saturated heterocycles. The number of nitrogens with one attached hydrogen (secondary N) is 1. The minimum atomic E-state index is -0.955. The molecule has 0 atom stereocenters. The molecular formula is C15H19N3O3. The van der Waals surface area contributed by atoms with E-state index in [2.05, 4.69) is 5.32 Å². The first-order valence-electron chi connectivity index (χ1n) is 6.54. The van der Waals surface area contributed by atoms with Crippen LogP contribution in [-0.2, 0) is 4.79 Å². The molecule has 1 aromatic rings. The van der Waals surface area contributed by atoms with Gasteiger partial charge in [-0.3, -0.25) is 4.79 Å². The number of anilines is 1. The number of carbonyl (C=O) groups is 2. The van der Waals surface area contributed by atoms with Crippen LogP contribution >= 0.6 is 0 Å². The Labute approximate surface area is 124 Å². The lowest BCUT2D eigenvalue weighted by atomic mass is 10.1. The zero-order valence-corrected chi connectivity index (χ0v) is 12.4. The van der Waals surface area contributed by atoms with Gasteiger partial charge in [0.2, 0.25) is 0 Å². The van der Waals surface area contributed by atoms with Gasteiger partial charge in [-0.2, -0.15) is 5.26 Å². The predicted molar refractivity (Wildman–Crippen MR) is 78.9 cm³/mol. The van der Waals surface area contributed by atoms with Gasteiger partial charge in [0, 0.05) is 17.8 Å². The third kappa shape index (κ3) is 5.15. The number of aliphatic carboxylic acids is 1. The maximum Gasteiger partial charge on any atom is 0.322 e. The highest BCUT2D eigenvalue weighted by atomic mass is 16.4. The summed E-state index contributed by atoms with van der Waals surface area (Å²) in [5.41, 5.74) is 0.441. The summed E-state index contributed by atoms with van der Waals surface area (Å²) in [7, 11) is 0. The Morgan fingerprint density at radius 3 is 2.57 bits per heavy atom. The van der Waals surface area contributed by atoms with Gasteiger partial charge in [0.25, 0.3) is 0 Å². The third-order valence-electron chi connectivity index (χ3n) is 2.85. The summed E-state index contributed by atoms with van der Waals surface area (Å²) in [4.78, 5) is 24.5. The van der Waals surface area contributed by atoms with Crippen LogP contribution in [0.1, 0.15) is 32.8 Å². The largest absolute Gasteiger partial charge is 0.481 e. The Morgan fingerprint density at radius 1 is 1.38 bits per heavy atom. The standard InChI is InChI=1S/C15H19N3O3/c1-15(2,3)18(8-7-13(19)20)14(21)17-12-6-4-5-11(9-12)10-16/h4-6,9H,7-8H2,1-3H3,(H,17,21)(H,19,20). The molecule has 0 saturated carbocycles. The monoisotopic (exact) mass is 289 g/mol. The molecule has 0 fully saturated rings. The van der Waals surface area contributed by atoms with Crippen LogP contribution in [0.2, 0.25) is 0 Å². The first-order valence-corrected chi connectivity index (χ1v) is 6.54. The number of carboxylic acids is 1. The number of nitriles is 1. The zero-order valence-electron chi connectivity index (χ0n) is 12.4. The van der Waals surface area contributed by atoms with Crippen LogP contribution in [0.3, 0.4) is 0 Å². The van der Waals surface area contributed by atoms with Crippen molar-refractivity contribution in [2.45, 2.75) is 32.7 Å². The van der Waals surface area contributed by atoms with Crippen molar-refractivity contribution in [2.75, 3.05) is 11.9 Å². The van der Waals surface area contributed by atoms with Gasteiger partial charge >= 0.3 is 12.0 Å². The summed E-state index contributed by atoms with van der Waals surface area (Å²) in [5.74, 6) is -0.955. The molecule has 0 heterocycles. The second-order valence-electron chi connectivity index (χ2n) is 5.59. The van der Waals surface area contributed by atoms with E-state index in [4.69, 9.17) is 10.4 Å². The normalized spacial score (nSPS) is 10.6. The average Bonchev–Trinajstić information content (AvgIpc) is 2.37. The molecular weight excluding hydrogens is 270 g/mol. The van der Waals surface area contributed by atoms with Gasteiger partial charge in [-0.15, -0.1) is 0 Å². The Morgan fingerprint density at radius 2 is 2.05 bits per heavy atom. The van der Waals surface area contributed by atoms with E-state index in [9.17, 15) is 9.59 Å². The Balaban J connectivity index is 2.85. The highest BCUT2D eigenvalue weighted by molar-refractivity contribution is 5.90. The molecule has 0 spiro atoms. The molecule has 0 bridgehead atoms. The highest BCUT2D eigenvalue weighted by Crippen LogP contribution is 2.17. The fraction of sp³-hybridized carbons (Fsp3) is 0.400. The maximum atomic E-state index is 12.3. The van der Waals surface area contributed by atoms with Crippen molar-refractivity contribution in [3.8, 4) is 6.07 Å². The van der Waals surface area contributed by atoms with E-state index in [-0.39, 0.29) is 19.0 Å². The molecule has 21 heavy (non-hydrogen) atoms. The van der Waals surface area contributed by atoms with E-state index >= 15 is 0 Å². The number of hydrogen-bond acceptors (Lipinski definition) is 3. The minimum absolute atomic E-state index is 0.114. The van der Waals surface area contributed by atoms with Crippen molar-refractivity contribution in [1.29, 1.82) is 5.26 Å². The third-order valence-corrected chi connectivity index (χ3v) is 2.85. The fourth-order valence-corrected chi connectivity index (χ4v) is 1.81. The lowest BCUT2D eigenvalue weighted by Gasteiger charge is -2.35. The summed E-state index contributed by atoms with van der Waals surface area (Å²) in [6, 6.07) is 8.16. The van der Waals surface area contributed by atoms with Crippen molar-refractivity contribution in [1.82, 2.24) is 4.90 Å². The number of benzene rings is 1. The first-order chi connectivity index (χ1) is 9.74. The Hall–Kier alpha value is -2.55. The molecule has 6 nitrogen and oxygen atoms in total. The topological polar surface area (TPSA) is 93.4 Å². The van der Waals surface area contributed by atoms with Crippen molar-refractivity contribution < 1.29 is 14.7 Å². The van der Waals surface area contributed by atoms with Crippen LogP contribution in [-0.4, -0.2) is 34.1 Å². The van der Waals surface area contributed by atoms with Crippen LogP contribution in [0.5, 0.6) is 0 Å². The van der Waals surface area contributed by atoms with E-state index < -0.39 is 11.5 Å². The molecule has 112 valence electrons. The molecule has 6 heteroatoms.